The van der Waals surface area contributed by atoms with E-state index in [9.17, 15) is 17.6 Å². The second-order valence-corrected chi connectivity index (χ2v) is 8.51. The SMILES string of the molecule is O=C(Cc1ccc(F)cc1)N1CCN([C@H]2CCS(=O)(=O)C2)CC1. The van der Waals surface area contributed by atoms with Crippen LogP contribution in [0, 0.1) is 5.82 Å². The smallest absolute Gasteiger partial charge is 0.227 e. The molecule has 126 valence electrons. The molecule has 0 radical (unpaired) electrons. The van der Waals surface area contributed by atoms with Crippen molar-refractivity contribution in [3.63, 3.8) is 0 Å². The van der Waals surface area contributed by atoms with Gasteiger partial charge in [-0.05, 0) is 24.1 Å². The highest BCUT2D eigenvalue weighted by Gasteiger charge is 2.34. The number of halogens is 1. The number of benzene rings is 1. The van der Waals surface area contributed by atoms with Gasteiger partial charge in [0.1, 0.15) is 5.82 Å². The van der Waals surface area contributed by atoms with Gasteiger partial charge < -0.3 is 4.90 Å². The average Bonchev–Trinajstić information content (AvgIpc) is 2.90. The molecule has 3 rings (SSSR count). The van der Waals surface area contributed by atoms with Gasteiger partial charge in [0.15, 0.2) is 9.84 Å². The molecule has 0 bridgehead atoms. The van der Waals surface area contributed by atoms with Crippen LogP contribution in [0.1, 0.15) is 12.0 Å². The van der Waals surface area contributed by atoms with Crippen molar-refractivity contribution < 1.29 is 17.6 Å². The molecule has 2 heterocycles. The van der Waals surface area contributed by atoms with Gasteiger partial charge in [0.25, 0.3) is 0 Å². The number of piperazine rings is 1. The fraction of sp³-hybridized carbons (Fsp3) is 0.562. The first kappa shape index (κ1) is 16.4. The summed E-state index contributed by atoms with van der Waals surface area (Å²) in [6.07, 6.45) is 0.976. The van der Waals surface area contributed by atoms with Gasteiger partial charge in [-0.1, -0.05) is 12.1 Å². The molecular weight excluding hydrogens is 319 g/mol. The summed E-state index contributed by atoms with van der Waals surface area (Å²) in [5.74, 6) is 0.259. The van der Waals surface area contributed by atoms with Gasteiger partial charge in [-0.2, -0.15) is 0 Å². The molecule has 0 N–H and O–H groups in total. The third-order valence-electron chi connectivity index (χ3n) is 4.66. The Labute approximate surface area is 136 Å². The van der Waals surface area contributed by atoms with Crippen LogP contribution >= 0.6 is 0 Å². The number of carbonyl (C=O) groups is 1. The molecule has 5 nitrogen and oxygen atoms in total. The van der Waals surface area contributed by atoms with E-state index in [1.807, 2.05) is 4.90 Å². The van der Waals surface area contributed by atoms with Crippen LogP contribution in [0.15, 0.2) is 24.3 Å². The van der Waals surface area contributed by atoms with Crippen molar-refractivity contribution in [2.45, 2.75) is 18.9 Å². The Morgan fingerprint density at radius 2 is 1.78 bits per heavy atom. The van der Waals surface area contributed by atoms with Crippen molar-refractivity contribution in [1.82, 2.24) is 9.80 Å². The summed E-state index contributed by atoms with van der Waals surface area (Å²) in [6, 6.07) is 6.09. The summed E-state index contributed by atoms with van der Waals surface area (Å²) < 4.78 is 36.0. The van der Waals surface area contributed by atoms with Crippen molar-refractivity contribution in [2.75, 3.05) is 37.7 Å². The lowest BCUT2D eigenvalue weighted by Gasteiger charge is -2.37. The Bertz CT molecular complexity index is 667. The molecule has 0 unspecified atom stereocenters. The van der Waals surface area contributed by atoms with E-state index in [-0.39, 0.29) is 35.7 Å². The number of hydrogen-bond donors (Lipinski definition) is 0. The van der Waals surface area contributed by atoms with Crippen LogP contribution in [0.2, 0.25) is 0 Å². The maximum atomic E-state index is 12.9. The first-order valence-electron chi connectivity index (χ1n) is 7.90. The lowest BCUT2D eigenvalue weighted by atomic mass is 10.1. The first-order chi connectivity index (χ1) is 10.9. The molecule has 2 saturated heterocycles. The summed E-state index contributed by atoms with van der Waals surface area (Å²) in [5.41, 5.74) is 0.806. The van der Waals surface area contributed by atoms with Crippen molar-refractivity contribution in [3.8, 4) is 0 Å². The second kappa shape index (κ2) is 6.57. The van der Waals surface area contributed by atoms with Crippen molar-refractivity contribution in [1.29, 1.82) is 0 Å². The lowest BCUT2D eigenvalue weighted by molar-refractivity contribution is -0.132. The molecule has 1 atom stereocenters. The van der Waals surface area contributed by atoms with E-state index in [0.29, 0.717) is 19.5 Å². The predicted molar refractivity (Wildman–Crippen MR) is 85.3 cm³/mol. The molecule has 7 heteroatoms. The molecule has 23 heavy (non-hydrogen) atoms. The minimum Gasteiger partial charge on any atom is -0.340 e. The van der Waals surface area contributed by atoms with Crippen molar-refractivity contribution in [2.24, 2.45) is 0 Å². The van der Waals surface area contributed by atoms with Gasteiger partial charge in [0.2, 0.25) is 5.91 Å². The largest absolute Gasteiger partial charge is 0.340 e. The van der Waals surface area contributed by atoms with Crippen molar-refractivity contribution >= 4 is 15.7 Å². The molecule has 1 amide bonds. The Kier molecular flexibility index (Phi) is 4.68. The molecule has 2 aliphatic heterocycles. The Morgan fingerprint density at radius 3 is 2.35 bits per heavy atom. The zero-order chi connectivity index (χ0) is 16.4. The molecule has 2 fully saturated rings. The quantitative estimate of drug-likeness (QED) is 0.813. The van der Waals surface area contributed by atoms with E-state index in [1.165, 1.54) is 12.1 Å². The topological polar surface area (TPSA) is 57.7 Å². The van der Waals surface area contributed by atoms with Gasteiger partial charge in [0.05, 0.1) is 17.9 Å². The third-order valence-corrected chi connectivity index (χ3v) is 6.41. The van der Waals surface area contributed by atoms with Gasteiger partial charge in [-0.15, -0.1) is 0 Å². The summed E-state index contributed by atoms with van der Waals surface area (Å²) in [4.78, 5) is 16.3. The lowest BCUT2D eigenvalue weighted by Crippen LogP contribution is -2.52. The highest BCUT2D eigenvalue weighted by Crippen LogP contribution is 2.19. The number of nitrogens with zero attached hydrogens (tertiary/aromatic N) is 2. The number of carbonyl (C=O) groups excluding carboxylic acids is 1. The van der Waals surface area contributed by atoms with Gasteiger partial charge in [0, 0.05) is 32.2 Å². The summed E-state index contributed by atoms with van der Waals surface area (Å²) >= 11 is 0. The Hall–Kier alpha value is -1.47. The Morgan fingerprint density at radius 1 is 1.13 bits per heavy atom. The standard InChI is InChI=1S/C16H21FN2O3S/c17-14-3-1-13(2-4-14)11-16(20)19-8-6-18(7-9-19)15-5-10-23(21,22)12-15/h1-4,15H,5-12H2/t15-/m0/s1. The van der Waals surface area contributed by atoms with E-state index in [4.69, 9.17) is 0 Å². The zero-order valence-electron chi connectivity index (χ0n) is 12.9. The number of hydrogen-bond acceptors (Lipinski definition) is 4. The summed E-state index contributed by atoms with van der Waals surface area (Å²) in [5, 5.41) is 0. The number of rotatable bonds is 3. The minimum absolute atomic E-state index is 0.0373. The van der Waals surface area contributed by atoms with Crippen LogP contribution in [0.5, 0.6) is 0 Å². The fourth-order valence-electron chi connectivity index (χ4n) is 3.29. The molecular formula is C16H21FN2O3S. The van der Waals surface area contributed by atoms with Crippen LogP contribution in [0.4, 0.5) is 4.39 Å². The van der Waals surface area contributed by atoms with Gasteiger partial charge in [-0.25, -0.2) is 12.8 Å². The molecule has 0 saturated carbocycles. The maximum Gasteiger partial charge on any atom is 0.227 e. The molecule has 0 aliphatic carbocycles. The van der Waals surface area contributed by atoms with Crippen LogP contribution in [-0.4, -0.2) is 67.9 Å². The van der Waals surface area contributed by atoms with Gasteiger partial charge >= 0.3 is 0 Å². The monoisotopic (exact) mass is 340 g/mol. The highest BCUT2D eigenvalue weighted by molar-refractivity contribution is 7.91. The van der Waals surface area contributed by atoms with Crippen LogP contribution in [0.25, 0.3) is 0 Å². The average molecular weight is 340 g/mol. The number of sulfone groups is 1. The predicted octanol–water partition coefficient (Wildman–Crippen LogP) is 0.700. The van der Waals surface area contributed by atoms with Crippen molar-refractivity contribution in [3.05, 3.63) is 35.6 Å². The fourth-order valence-corrected chi connectivity index (χ4v) is 5.05. The molecule has 0 aromatic heterocycles. The summed E-state index contributed by atoms with van der Waals surface area (Å²) in [7, 11) is -2.87. The molecule has 1 aromatic rings. The Balaban J connectivity index is 1.50. The minimum atomic E-state index is -2.87. The van der Waals surface area contributed by atoms with E-state index in [1.54, 1.807) is 12.1 Å². The van der Waals surface area contributed by atoms with E-state index in [2.05, 4.69) is 4.90 Å². The zero-order valence-corrected chi connectivity index (χ0v) is 13.8. The highest BCUT2D eigenvalue weighted by atomic mass is 32.2. The van der Waals surface area contributed by atoms with Crippen LogP contribution in [-0.2, 0) is 21.1 Å². The molecule has 1 aromatic carbocycles. The van der Waals surface area contributed by atoms with E-state index < -0.39 is 9.84 Å². The van der Waals surface area contributed by atoms with Gasteiger partial charge in [-0.3, -0.25) is 9.69 Å². The number of amides is 1. The summed E-state index contributed by atoms with van der Waals surface area (Å²) in [6.45, 7) is 2.68. The van der Waals surface area contributed by atoms with E-state index >= 15 is 0 Å². The third kappa shape index (κ3) is 4.09. The second-order valence-electron chi connectivity index (χ2n) is 6.28. The maximum absolute atomic E-state index is 12.9. The van der Waals surface area contributed by atoms with E-state index in [0.717, 1.165) is 18.7 Å². The first-order valence-corrected chi connectivity index (χ1v) is 9.72. The van der Waals surface area contributed by atoms with Crippen LogP contribution in [0.3, 0.4) is 0 Å². The van der Waals surface area contributed by atoms with Crippen LogP contribution < -0.4 is 0 Å². The molecule has 2 aliphatic rings. The normalized spacial score (nSPS) is 24.7. The molecule has 0 spiro atoms.